The fourth-order valence-corrected chi connectivity index (χ4v) is 2.37. The molecule has 0 radical (unpaired) electrons. The van der Waals surface area contributed by atoms with E-state index in [1.165, 1.54) is 12.1 Å². The van der Waals surface area contributed by atoms with Crippen molar-refractivity contribution in [1.29, 1.82) is 0 Å². The van der Waals surface area contributed by atoms with Crippen molar-refractivity contribution in [2.24, 2.45) is 0 Å². The van der Waals surface area contributed by atoms with Crippen LogP contribution in [0.3, 0.4) is 0 Å². The smallest absolute Gasteiger partial charge is 0.252 e. The molecule has 2 N–H and O–H groups in total. The van der Waals surface area contributed by atoms with E-state index in [0.29, 0.717) is 30.5 Å². The van der Waals surface area contributed by atoms with Gasteiger partial charge in [-0.3, -0.25) is 4.79 Å². The fourth-order valence-electron chi connectivity index (χ4n) is 1.94. The molecule has 0 spiro atoms. The molecule has 0 atom stereocenters. The maximum atomic E-state index is 13.1. The number of rotatable bonds is 3. The van der Waals surface area contributed by atoms with Gasteiger partial charge in [-0.25, -0.2) is 4.39 Å². The van der Waals surface area contributed by atoms with Crippen molar-refractivity contribution in [2.75, 3.05) is 19.8 Å². The zero-order valence-corrected chi connectivity index (χ0v) is 11.9. The van der Waals surface area contributed by atoms with Crippen LogP contribution in [0.15, 0.2) is 22.7 Å². The second-order valence-corrected chi connectivity index (χ2v) is 5.50. The Hall–Kier alpha value is -0.980. The zero-order chi connectivity index (χ0) is 13.9. The Kier molecular flexibility index (Phi) is 4.54. The Balaban J connectivity index is 1.99. The zero-order valence-electron chi connectivity index (χ0n) is 10.3. The lowest BCUT2D eigenvalue weighted by atomic mass is 9.94. The predicted octanol–water partition coefficient (Wildman–Crippen LogP) is 1.86. The first-order chi connectivity index (χ1) is 9.00. The number of carbonyl (C=O) groups excluding carboxylic acids is 1. The van der Waals surface area contributed by atoms with Gasteiger partial charge >= 0.3 is 0 Å². The van der Waals surface area contributed by atoms with E-state index in [9.17, 15) is 14.3 Å². The lowest BCUT2D eigenvalue weighted by Crippen LogP contribution is -2.46. The Morgan fingerprint density at radius 3 is 2.84 bits per heavy atom. The van der Waals surface area contributed by atoms with Crippen molar-refractivity contribution < 1.29 is 19.0 Å². The molecule has 0 unspecified atom stereocenters. The average Bonchev–Trinajstić information content (AvgIpc) is 2.40. The molecule has 1 fully saturated rings. The van der Waals surface area contributed by atoms with Crippen LogP contribution in [0.25, 0.3) is 0 Å². The van der Waals surface area contributed by atoms with Gasteiger partial charge in [0.25, 0.3) is 5.91 Å². The lowest BCUT2D eigenvalue weighted by molar-refractivity contribution is -0.0605. The maximum Gasteiger partial charge on any atom is 0.252 e. The molecule has 6 heteroatoms. The number of hydrogen-bond acceptors (Lipinski definition) is 3. The summed E-state index contributed by atoms with van der Waals surface area (Å²) in [5.41, 5.74) is -0.719. The van der Waals surface area contributed by atoms with Crippen molar-refractivity contribution >= 4 is 21.8 Å². The number of ether oxygens (including phenoxy) is 1. The molecule has 4 nitrogen and oxygen atoms in total. The summed E-state index contributed by atoms with van der Waals surface area (Å²) < 4.78 is 18.8. The number of carbonyl (C=O) groups is 1. The van der Waals surface area contributed by atoms with Crippen LogP contribution in [-0.4, -0.2) is 36.4 Å². The van der Waals surface area contributed by atoms with E-state index < -0.39 is 17.3 Å². The van der Waals surface area contributed by atoms with Crippen molar-refractivity contribution in [3.8, 4) is 0 Å². The molecule has 1 aromatic carbocycles. The Morgan fingerprint density at radius 1 is 1.47 bits per heavy atom. The topological polar surface area (TPSA) is 58.6 Å². The van der Waals surface area contributed by atoms with Crippen LogP contribution >= 0.6 is 15.9 Å². The number of hydrogen-bond donors (Lipinski definition) is 2. The van der Waals surface area contributed by atoms with Gasteiger partial charge in [0, 0.05) is 37.1 Å². The minimum Gasteiger partial charge on any atom is -0.388 e. The quantitative estimate of drug-likeness (QED) is 0.888. The third-order valence-corrected chi connectivity index (χ3v) is 3.87. The largest absolute Gasteiger partial charge is 0.388 e. The summed E-state index contributed by atoms with van der Waals surface area (Å²) in [5.74, 6) is -0.885. The first-order valence-electron chi connectivity index (χ1n) is 6.04. The van der Waals surface area contributed by atoms with Crippen LogP contribution in [0.1, 0.15) is 23.2 Å². The summed E-state index contributed by atoms with van der Waals surface area (Å²) >= 11 is 3.20. The number of aliphatic hydroxyl groups is 1. The van der Waals surface area contributed by atoms with Gasteiger partial charge < -0.3 is 15.2 Å². The molecule has 19 heavy (non-hydrogen) atoms. The first kappa shape index (κ1) is 14.4. The molecular weight excluding hydrogens is 317 g/mol. The molecule has 2 rings (SSSR count). The average molecular weight is 332 g/mol. The molecule has 0 saturated carbocycles. The SMILES string of the molecule is O=C(NCC1(O)CCOCC1)c1cc(F)ccc1Br. The van der Waals surface area contributed by atoms with E-state index in [0.717, 1.165) is 6.07 Å². The minimum atomic E-state index is -0.937. The molecule has 0 aromatic heterocycles. The van der Waals surface area contributed by atoms with E-state index in [1.54, 1.807) is 0 Å². The third-order valence-electron chi connectivity index (χ3n) is 3.17. The Bertz CT molecular complexity index is 475. The summed E-state index contributed by atoms with van der Waals surface area (Å²) in [6.45, 7) is 1.10. The number of halogens is 2. The molecule has 1 aromatic rings. The van der Waals surface area contributed by atoms with E-state index >= 15 is 0 Å². The van der Waals surface area contributed by atoms with Gasteiger partial charge in [-0.05, 0) is 34.1 Å². The Morgan fingerprint density at radius 2 is 2.16 bits per heavy atom. The monoisotopic (exact) mass is 331 g/mol. The van der Waals surface area contributed by atoms with Crippen LogP contribution < -0.4 is 5.32 Å². The molecule has 0 bridgehead atoms. The molecule has 1 heterocycles. The highest BCUT2D eigenvalue weighted by Crippen LogP contribution is 2.21. The minimum absolute atomic E-state index is 0.137. The van der Waals surface area contributed by atoms with Crippen molar-refractivity contribution in [3.05, 3.63) is 34.1 Å². The second-order valence-electron chi connectivity index (χ2n) is 4.64. The highest BCUT2D eigenvalue weighted by molar-refractivity contribution is 9.10. The molecule has 1 aliphatic rings. The predicted molar refractivity (Wildman–Crippen MR) is 71.4 cm³/mol. The standard InChI is InChI=1S/C13H15BrFNO3/c14-11-2-1-9(15)7-10(11)12(17)16-8-13(18)3-5-19-6-4-13/h1-2,7,18H,3-6,8H2,(H,16,17). The highest BCUT2D eigenvalue weighted by atomic mass is 79.9. The van der Waals surface area contributed by atoms with E-state index in [-0.39, 0.29) is 12.1 Å². The van der Waals surface area contributed by atoms with Crippen molar-refractivity contribution in [2.45, 2.75) is 18.4 Å². The van der Waals surface area contributed by atoms with E-state index in [1.807, 2.05) is 0 Å². The van der Waals surface area contributed by atoms with Gasteiger partial charge in [0.1, 0.15) is 5.82 Å². The molecule has 1 aliphatic heterocycles. The van der Waals surface area contributed by atoms with E-state index in [2.05, 4.69) is 21.2 Å². The Labute approximate surface area is 119 Å². The second kappa shape index (κ2) is 5.98. The van der Waals surface area contributed by atoms with Gasteiger partial charge in [-0.15, -0.1) is 0 Å². The summed E-state index contributed by atoms with van der Waals surface area (Å²) in [6, 6.07) is 3.91. The van der Waals surface area contributed by atoms with Crippen LogP contribution in [0.4, 0.5) is 4.39 Å². The van der Waals surface area contributed by atoms with Crippen molar-refractivity contribution in [3.63, 3.8) is 0 Å². The van der Waals surface area contributed by atoms with Crippen LogP contribution in [0, 0.1) is 5.82 Å². The molecule has 104 valence electrons. The van der Waals surface area contributed by atoms with Gasteiger partial charge in [0.15, 0.2) is 0 Å². The number of nitrogens with one attached hydrogen (secondary N) is 1. The van der Waals surface area contributed by atoms with E-state index in [4.69, 9.17) is 4.74 Å². The van der Waals surface area contributed by atoms with Crippen molar-refractivity contribution in [1.82, 2.24) is 5.32 Å². The molecular formula is C13H15BrFNO3. The van der Waals surface area contributed by atoms with Gasteiger partial charge in [0.2, 0.25) is 0 Å². The van der Waals surface area contributed by atoms with Gasteiger partial charge in [0.05, 0.1) is 11.2 Å². The lowest BCUT2D eigenvalue weighted by Gasteiger charge is -2.32. The molecule has 0 aliphatic carbocycles. The van der Waals surface area contributed by atoms with Gasteiger partial charge in [-0.2, -0.15) is 0 Å². The third kappa shape index (κ3) is 3.75. The summed E-state index contributed by atoms with van der Waals surface area (Å²) in [5, 5.41) is 12.8. The highest BCUT2D eigenvalue weighted by Gasteiger charge is 2.30. The summed E-state index contributed by atoms with van der Waals surface area (Å²) in [4.78, 5) is 12.0. The number of amides is 1. The number of benzene rings is 1. The summed E-state index contributed by atoms with van der Waals surface area (Å²) in [7, 11) is 0. The van der Waals surface area contributed by atoms with Crippen LogP contribution in [-0.2, 0) is 4.74 Å². The first-order valence-corrected chi connectivity index (χ1v) is 6.83. The van der Waals surface area contributed by atoms with Crippen LogP contribution in [0.2, 0.25) is 0 Å². The van der Waals surface area contributed by atoms with Gasteiger partial charge in [-0.1, -0.05) is 0 Å². The normalized spacial score (nSPS) is 18.1. The maximum absolute atomic E-state index is 13.1. The van der Waals surface area contributed by atoms with Crippen LogP contribution in [0.5, 0.6) is 0 Å². The fraction of sp³-hybridized carbons (Fsp3) is 0.462. The molecule has 1 saturated heterocycles. The molecule has 1 amide bonds. The summed E-state index contributed by atoms with van der Waals surface area (Å²) in [6.07, 6.45) is 0.967.